The van der Waals surface area contributed by atoms with Crippen molar-refractivity contribution in [1.29, 1.82) is 0 Å². The lowest BCUT2D eigenvalue weighted by atomic mass is 10.1. The molecular formula is C15H22N2O2. The fourth-order valence-corrected chi connectivity index (χ4v) is 2.21. The van der Waals surface area contributed by atoms with E-state index in [-0.39, 0.29) is 12.0 Å². The van der Waals surface area contributed by atoms with Gasteiger partial charge in [0.05, 0.1) is 12.7 Å². The molecule has 1 aliphatic heterocycles. The van der Waals surface area contributed by atoms with E-state index in [0.717, 1.165) is 31.8 Å². The van der Waals surface area contributed by atoms with Crippen molar-refractivity contribution in [2.75, 3.05) is 32.1 Å². The van der Waals surface area contributed by atoms with Gasteiger partial charge in [-0.15, -0.1) is 0 Å². The van der Waals surface area contributed by atoms with Crippen molar-refractivity contribution in [3.63, 3.8) is 0 Å². The van der Waals surface area contributed by atoms with Crippen molar-refractivity contribution in [1.82, 2.24) is 4.90 Å². The van der Waals surface area contributed by atoms with Crippen LogP contribution < -0.4 is 5.32 Å². The number of nitrogens with one attached hydrogen (secondary N) is 1. The summed E-state index contributed by atoms with van der Waals surface area (Å²) in [6, 6.07) is 7.96. The monoisotopic (exact) mass is 262 g/mol. The minimum absolute atomic E-state index is 0.0731. The van der Waals surface area contributed by atoms with Gasteiger partial charge in [0, 0.05) is 25.2 Å². The second-order valence-corrected chi connectivity index (χ2v) is 5.04. The SMILES string of the molecule is CCCC(=O)Nc1ccc(C2CN(C)CCO2)cc1. The second kappa shape index (κ2) is 6.68. The number of carbonyl (C=O) groups excluding carboxylic acids is 1. The Labute approximate surface area is 114 Å². The topological polar surface area (TPSA) is 41.6 Å². The first-order valence-electron chi connectivity index (χ1n) is 6.89. The van der Waals surface area contributed by atoms with Crippen LogP contribution >= 0.6 is 0 Å². The van der Waals surface area contributed by atoms with Crippen LogP contribution in [0.2, 0.25) is 0 Å². The third kappa shape index (κ3) is 4.04. The maximum atomic E-state index is 11.5. The highest BCUT2D eigenvalue weighted by molar-refractivity contribution is 5.90. The summed E-state index contributed by atoms with van der Waals surface area (Å²) in [6.07, 6.45) is 1.57. The zero-order valence-corrected chi connectivity index (χ0v) is 11.7. The van der Waals surface area contributed by atoms with Gasteiger partial charge in [0.25, 0.3) is 0 Å². The van der Waals surface area contributed by atoms with Crippen molar-refractivity contribution in [3.05, 3.63) is 29.8 Å². The first-order valence-corrected chi connectivity index (χ1v) is 6.89. The molecule has 0 saturated carbocycles. The van der Waals surface area contributed by atoms with Crippen molar-refractivity contribution >= 4 is 11.6 Å². The average molecular weight is 262 g/mol. The Bertz CT molecular complexity index is 417. The van der Waals surface area contributed by atoms with Crippen LogP contribution in [0.4, 0.5) is 5.69 Å². The number of carbonyl (C=O) groups is 1. The first-order chi connectivity index (χ1) is 9.19. The van der Waals surface area contributed by atoms with Gasteiger partial charge in [0.15, 0.2) is 0 Å². The molecule has 1 atom stereocenters. The summed E-state index contributed by atoms with van der Waals surface area (Å²) >= 11 is 0. The molecule has 0 aromatic heterocycles. The molecular weight excluding hydrogens is 240 g/mol. The minimum atomic E-state index is 0.0731. The maximum absolute atomic E-state index is 11.5. The van der Waals surface area contributed by atoms with Gasteiger partial charge in [-0.3, -0.25) is 4.79 Å². The van der Waals surface area contributed by atoms with Crippen molar-refractivity contribution < 1.29 is 9.53 Å². The van der Waals surface area contributed by atoms with Crippen LogP contribution in [0.25, 0.3) is 0 Å². The molecule has 1 saturated heterocycles. The van der Waals surface area contributed by atoms with Gasteiger partial charge in [-0.05, 0) is 31.2 Å². The summed E-state index contributed by atoms with van der Waals surface area (Å²) < 4.78 is 5.76. The van der Waals surface area contributed by atoms with Crippen LogP contribution in [0.1, 0.15) is 31.4 Å². The number of rotatable bonds is 4. The number of hydrogen-bond donors (Lipinski definition) is 1. The molecule has 1 amide bonds. The zero-order valence-electron chi connectivity index (χ0n) is 11.7. The Morgan fingerprint density at radius 3 is 2.79 bits per heavy atom. The number of benzene rings is 1. The first kappa shape index (κ1) is 14.0. The molecule has 1 fully saturated rings. The molecule has 4 heteroatoms. The highest BCUT2D eigenvalue weighted by Crippen LogP contribution is 2.23. The van der Waals surface area contributed by atoms with E-state index in [2.05, 4.69) is 17.3 Å². The van der Waals surface area contributed by atoms with Crippen LogP contribution in [0.15, 0.2) is 24.3 Å². The second-order valence-electron chi connectivity index (χ2n) is 5.04. The lowest BCUT2D eigenvalue weighted by Crippen LogP contribution is -2.35. The number of nitrogens with zero attached hydrogens (tertiary/aromatic N) is 1. The Morgan fingerprint density at radius 1 is 1.42 bits per heavy atom. The van der Waals surface area contributed by atoms with Gasteiger partial charge < -0.3 is 15.0 Å². The molecule has 0 bridgehead atoms. The molecule has 1 heterocycles. The average Bonchev–Trinajstić information content (AvgIpc) is 2.40. The molecule has 1 unspecified atom stereocenters. The molecule has 104 valence electrons. The fourth-order valence-electron chi connectivity index (χ4n) is 2.21. The molecule has 1 aromatic carbocycles. The lowest BCUT2D eigenvalue weighted by molar-refractivity contribution is -0.116. The van der Waals surface area contributed by atoms with E-state index in [4.69, 9.17) is 4.74 Å². The normalized spacial score (nSPS) is 20.2. The lowest BCUT2D eigenvalue weighted by Gasteiger charge is -2.30. The smallest absolute Gasteiger partial charge is 0.224 e. The van der Waals surface area contributed by atoms with Gasteiger partial charge in [0.2, 0.25) is 5.91 Å². The highest BCUT2D eigenvalue weighted by Gasteiger charge is 2.19. The van der Waals surface area contributed by atoms with Gasteiger partial charge in [-0.25, -0.2) is 0 Å². The number of likely N-dealkylation sites (N-methyl/N-ethyl adjacent to an activating group) is 1. The van der Waals surface area contributed by atoms with Gasteiger partial charge in [0.1, 0.15) is 0 Å². The van der Waals surface area contributed by atoms with E-state index in [1.165, 1.54) is 5.56 Å². The quantitative estimate of drug-likeness (QED) is 0.906. The largest absolute Gasteiger partial charge is 0.371 e. The number of ether oxygens (including phenoxy) is 1. The third-order valence-corrected chi connectivity index (χ3v) is 3.31. The predicted octanol–water partition coefficient (Wildman–Crippen LogP) is 2.43. The Morgan fingerprint density at radius 2 is 2.16 bits per heavy atom. The van der Waals surface area contributed by atoms with E-state index in [1.54, 1.807) is 0 Å². The van der Waals surface area contributed by atoms with Gasteiger partial charge in [-0.1, -0.05) is 19.1 Å². The molecule has 1 N–H and O–H groups in total. The van der Waals surface area contributed by atoms with Crippen LogP contribution in [0.3, 0.4) is 0 Å². The predicted molar refractivity (Wildman–Crippen MR) is 76.2 cm³/mol. The van der Waals surface area contributed by atoms with Crippen molar-refractivity contribution in [3.8, 4) is 0 Å². The summed E-state index contributed by atoms with van der Waals surface area (Å²) in [4.78, 5) is 13.8. The molecule has 4 nitrogen and oxygen atoms in total. The number of hydrogen-bond acceptors (Lipinski definition) is 3. The van der Waals surface area contributed by atoms with Crippen LogP contribution in [0, 0.1) is 0 Å². The van der Waals surface area contributed by atoms with E-state index in [9.17, 15) is 4.79 Å². The number of morpholine rings is 1. The van der Waals surface area contributed by atoms with E-state index in [1.807, 2.05) is 31.2 Å². The molecule has 2 rings (SSSR count). The van der Waals surface area contributed by atoms with Crippen LogP contribution in [-0.2, 0) is 9.53 Å². The van der Waals surface area contributed by atoms with Gasteiger partial charge in [-0.2, -0.15) is 0 Å². The fraction of sp³-hybridized carbons (Fsp3) is 0.533. The number of anilines is 1. The molecule has 0 spiro atoms. The molecule has 1 aliphatic rings. The summed E-state index contributed by atoms with van der Waals surface area (Å²) in [5.74, 6) is 0.0731. The zero-order chi connectivity index (χ0) is 13.7. The summed E-state index contributed by atoms with van der Waals surface area (Å²) in [6.45, 7) is 4.68. The van der Waals surface area contributed by atoms with E-state index >= 15 is 0 Å². The Hall–Kier alpha value is -1.39. The summed E-state index contributed by atoms with van der Waals surface area (Å²) in [5, 5.41) is 2.89. The van der Waals surface area contributed by atoms with E-state index < -0.39 is 0 Å². The Balaban J connectivity index is 1.96. The third-order valence-electron chi connectivity index (χ3n) is 3.31. The van der Waals surface area contributed by atoms with Crippen LogP contribution in [0.5, 0.6) is 0 Å². The van der Waals surface area contributed by atoms with E-state index in [0.29, 0.717) is 6.42 Å². The minimum Gasteiger partial charge on any atom is -0.371 e. The molecule has 0 aliphatic carbocycles. The van der Waals surface area contributed by atoms with Crippen LogP contribution in [-0.4, -0.2) is 37.6 Å². The molecule has 19 heavy (non-hydrogen) atoms. The standard InChI is InChI=1S/C15H22N2O2/c1-3-4-15(18)16-13-7-5-12(6-8-13)14-11-17(2)9-10-19-14/h5-8,14H,3-4,9-11H2,1-2H3,(H,16,18). The summed E-state index contributed by atoms with van der Waals surface area (Å²) in [7, 11) is 2.11. The highest BCUT2D eigenvalue weighted by atomic mass is 16.5. The molecule has 1 aromatic rings. The van der Waals surface area contributed by atoms with Crippen molar-refractivity contribution in [2.45, 2.75) is 25.9 Å². The maximum Gasteiger partial charge on any atom is 0.224 e. The molecule has 0 radical (unpaired) electrons. The Kier molecular flexibility index (Phi) is 4.93. The van der Waals surface area contributed by atoms with Gasteiger partial charge >= 0.3 is 0 Å². The summed E-state index contributed by atoms with van der Waals surface area (Å²) in [5.41, 5.74) is 2.02. The van der Waals surface area contributed by atoms with Crippen molar-refractivity contribution in [2.24, 2.45) is 0 Å². The number of amides is 1.